The third kappa shape index (κ3) is 3.46. The van der Waals surface area contributed by atoms with Crippen LogP contribution in [0.15, 0.2) is 51.5 Å². The lowest BCUT2D eigenvalue weighted by molar-refractivity contribution is 0.390. The van der Waals surface area contributed by atoms with Crippen molar-refractivity contribution >= 4 is 10.8 Å². The predicted octanol–water partition coefficient (Wildman–Crippen LogP) is 3.09. The minimum Gasteiger partial charge on any atom is -0.360 e. The second-order valence-corrected chi connectivity index (χ2v) is 6.17. The van der Waals surface area contributed by atoms with Gasteiger partial charge in [0.1, 0.15) is 5.76 Å². The van der Waals surface area contributed by atoms with Gasteiger partial charge in [0, 0.05) is 28.5 Å². The van der Waals surface area contributed by atoms with Crippen molar-refractivity contribution in [2.24, 2.45) is 0 Å². The van der Waals surface area contributed by atoms with Gasteiger partial charge in [0.05, 0.1) is 22.9 Å². The molecule has 3 rings (SSSR count). The van der Waals surface area contributed by atoms with Crippen LogP contribution in [0.4, 0.5) is 0 Å². The van der Waals surface area contributed by atoms with Crippen molar-refractivity contribution in [3.8, 4) is 11.3 Å². The van der Waals surface area contributed by atoms with Crippen molar-refractivity contribution in [2.75, 3.05) is 0 Å². The minimum atomic E-state index is -1.11. The molecule has 0 N–H and O–H groups in total. The molecular formula is C15H14N2O3S. The Balaban J connectivity index is 1.66. The average Bonchev–Trinajstić information content (AvgIpc) is 3.09. The van der Waals surface area contributed by atoms with Gasteiger partial charge >= 0.3 is 0 Å². The highest BCUT2D eigenvalue weighted by molar-refractivity contribution is 7.83. The van der Waals surface area contributed by atoms with Crippen LogP contribution in [-0.4, -0.2) is 14.5 Å². The lowest BCUT2D eigenvalue weighted by atomic mass is 10.2. The van der Waals surface area contributed by atoms with E-state index in [-0.39, 0.29) is 0 Å². The standard InChI is InChI=1S/C15H14N2O3S/c1-11-7-14(19-16-11)10-21(18)9-13-8-15(20-17-13)12-5-3-2-4-6-12/h2-8H,9-10H2,1H3/t21-/m0/s1. The Morgan fingerprint density at radius 2 is 1.86 bits per heavy atom. The highest BCUT2D eigenvalue weighted by Crippen LogP contribution is 2.20. The van der Waals surface area contributed by atoms with E-state index in [1.165, 1.54) is 0 Å². The summed E-state index contributed by atoms with van der Waals surface area (Å²) in [5.41, 5.74) is 2.41. The molecule has 6 heteroatoms. The fraction of sp³-hybridized carbons (Fsp3) is 0.200. The van der Waals surface area contributed by atoms with E-state index < -0.39 is 10.8 Å². The minimum absolute atomic E-state index is 0.328. The quantitative estimate of drug-likeness (QED) is 0.724. The SMILES string of the molecule is Cc1cc(C[S@@](=O)Cc2cc(-c3ccccc3)on2)on1. The van der Waals surface area contributed by atoms with Crippen molar-refractivity contribution in [1.29, 1.82) is 0 Å². The molecule has 0 aliphatic rings. The van der Waals surface area contributed by atoms with Crippen molar-refractivity contribution in [2.45, 2.75) is 18.4 Å². The number of hydrogen-bond acceptors (Lipinski definition) is 5. The normalized spacial score (nSPS) is 12.4. The molecule has 0 saturated heterocycles. The smallest absolute Gasteiger partial charge is 0.167 e. The monoisotopic (exact) mass is 302 g/mol. The van der Waals surface area contributed by atoms with Crippen LogP contribution in [-0.2, 0) is 22.3 Å². The van der Waals surface area contributed by atoms with Crippen molar-refractivity contribution in [3.63, 3.8) is 0 Å². The Labute approximate surface area is 124 Å². The van der Waals surface area contributed by atoms with Crippen LogP contribution in [0.3, 0.4) is 0 Å². The first-order valence-corrected chi connectivity index (χ1v) is 7.98. The zero-order chi connectivity index (χ0) is 14.7. The topological polar surface area (TPSA) is 69.1 Å². The van der Waals surface area contributed by atoms with Gasteiger partial charge in [-0.2, -0.15) is 0 Å². The van der Waals surface area contributed by atoms with Crippen LogP contribution < -0.4 is 0 Å². The number of benzene rings is 1. The van der Waals surface area contributed by atoms with E-state index in [1.54, 1.807) is 6.07 Å². The lowest BCUT2D eigenvalue weighted by Gasteiger charge is -1.95. The van der Waals surface area contributed by atoms with E-state index in [9.17, 15) is 4.21 Å². The molecule has 0 bridgehead atoms. The molecule has 0 fully saturated rings. The number of aryl methyl sites for hydroxylation is 1. The molecule has 0 saturated carbocycles. The van der Waals surface area contributed by atoms with Crippen LogP contribution in [0.2, 0.25) is 0 Å². The molecule has 0 aliphatic carbocycles. The van der Waals surface area contributed by atoms with E-state index in [4.69, 9.17) is 9.05 Å². The maximum Gasteiger partial charge on any atom is 0.167 e. The van der Waals surface area contributed by atoms with Gasteiger partial charge < -0.3 is 9.05 Å². The fourth-order valence-electron chi connectivity index (χ4n) is 1.98. The molecule has 3 aromatic rings. The number of nitrogens with zero attached hydrogens (tertiary/aromatic N) is 2. The summed E-state index contributed by atoms with van der Waals surface area (Å²) in [6.07, 6.45) is 0. The third-order valence-corrected chi connectivity index (χ3v) is 4.13. The summed E-state index contributed by atoms with van der Waals surface area (Å²) in [6, 6.07) is 13.3. The zero-order valence-corrected chi connectivity index (χ0v) is 12.3. The summed E-state index contributed by atoms with van der Waals surface area (Å²) in [5, 5.41) is 7.74. The zero-order valence-electron chi connectivity index (χ0n) is 11.5. The third-order valence-electron chi connectivity index (χ3n) is 2.91. The highest BCUT2D eigenvalue weighted by atomic mass is 32.2. The van der Waals surface area contributed by atoms with Gasteiger partial charge in [0.15, 0.2) is 5.76 Å². The molecule has 2 aromatic heterocycles. The molecule has 21 heavy (non-hydrogen) atoms. The van der Waals surface area contributed by atoms with Gasteiger partial charge in [-0.1, -0.05) is 40.6 Å². The van der Waals surface area contributed by atoms with E-state index in [0.717, 1.165) is 11.3 Å². The van der Waals surface area contributed by atoms with E-state index in [2.05, 4.69) is 10.3 Å². The first kappa shape index (κ1) is 13.8. The lowest BCUT2D eigenvalue weighted by Crippen LogP contribution is -1.98. The fourth-order valence-corrected chi connectivity index (χ4v) is 3.00. The molecule has 0 radical (unpaired) electrons. The second kappa shape index (κ2) is 6.05. The molecule has 1 aromatic carbocycles. The van der Waals surface area contributed by atoms with E-state index in [0.29, 0.717) is 28.7 Å². The van der Waals surface area contributed by atoms with Crippen molar-refractivity contribution in [3.05, 3.63) is 59.6 Å². The first-order chi connectivity index (χ1) is 10.2. The van der Waals surface area contributed by atoms with Gasteiger partial charge in [-0.3, -0.25) is 4.21 Å². The van der Waals surface area contributed by atoms with Gasteiger partial charge in [0.25, 0.3) is 0 Å². The van der Waals surface area contributed by atoms with E-state index >= 15 is 0 Å². The Hall–Kier alpha value is -2.21. The van der Waals surface area contributed by atoms with Crippen molar-refractivity contribution in [1.82, 2.24) is 10.3 Å². The maximum atomic E-state index is 12.1. The largest absolute Gasteiger partial charge is 0.360 e. The Morgan fingerprint density at radius 1 is 1.05 bits per heavy atom. The van der Waals surface area contributed by atoms with Crippen LogP contribution in [0.25, 0.3) is 11.3 Å². The molecule has 0 spiro atoms. The molecule has 1 atom stereocenters. The molecule has 2 heterocycles. The molecule has 0 aliphatic heterocycles. The molecule has 0 amide bonds. The summed E-state index contributed by atoms with van der Waals surface area (Å²) in [4.78, 5) is 0. The summed E-state index contributed by atoms with van der Waals surface area (Å²) in [7, 11) is -1.11. The second-order valence-electron chi connectivity index (χ2n) is 4.71. The predicted molar refractivity (Wildman–Crippen MR) is 78.7 cm³/mol. The number of hydrogen-bond donors (Lipinski definition) is 0. The Kier molecular flexibility index (Phi) is 3.96. The average molecular weight is 302 g/mol. The Morgan fingerprint density at radius 3 is 2.57 bits per heavy atom. The van der Waals surface area contributed by atoms with Crippen molar-refractivity contribution < 1.29 is 13.3 Å². The Bertz CT molecular complexity index is 749. The van der Waals surface area contributed by atoms with Crippen LogP contribution >= 0.6 is 0 Å². The summed E-state index contributed by atoms with van der Waals surface area (Å²) in [5.74, 6) is 1.96. The summed E-state index contributed by atoms with van der Waals surface area (Å²) >= 11 is 0. The number of aromatic nitrogens is 2. The van der Waals surface area contributed by atoms with Crippen LogP contribution in [0.5, 0.6) is 0 Å². The summed E-state index contributed by atoms with van der Waals surface area (Å²) in [6.45, 7) is 1.83. The van der Waals surface area contributed by atoms with E-state index in [1.807, 2.05) is 43.3 Å². The van der Waals surface area contributed by atoms with Gasteiger partial charge in [0.2, 0.25) is 0 Å². The number of rotatable bonds is 5. The van der Waals surface area contributed by atoms with Gasteiger partial charge in [-0.25, -0.2) is 0 Å². The van der Waals surface area contributed by atoms with Crippen LogP contribution in [0, 0.1) is 6.92 Å². The molecule has 5 nitrogen and oxygen atoms in total. The molecule has 0 unspecified atom stereocenters. The van der Waals surface area contributed by atoms with Gasteiger partial charge in [-0.05, 0) is 6.92 Å². The summed E-state index contributed by atoms with van der Waals surface area (Å²) < 4.78 is 22.4. The molecular weight excluding hydrogens is 288 g/mol. The maximum absolute atomic E-state index is 12.1. The first-order valence-electron chi connectivity index (χ1n) is 6.49. The van der Waals surface area contributed by atoms with Gasteiger partial charge in [-0.15, -0.1) is 0 Å². The van der Waals surface area contributed by atoms with Crippen LogP contribution in [0.1, 0.15) is 17.1 Å². The molecule has 108 valence electrons. The highest BCUT2D eigenvalue weighted by Gasteiger charge is 2.12.